The first kappa shape index (κ1) is 18.7. The Balaban J connectivity index is 1.50. The lowest BCUT2D eigenvalue weighted by atomic mass is 9.93. The molecular weight excluding hydrogens is 348 g/mol. The van der Waals surface area contributed by atoms with Gasteiger partial charge in [0.15, 0.2) is 0 Å². The monoisotopic (exact) mass is 376 g/mol. The Kier molecular flexibility index (Phi) is 5.44. The molecule has 28 heavy (non-hydrogen) atoms. The van der Waals surface area contributed by atoms with Gasteiger partial charge < -0.3 is 15.2 Å². The molecule has 5 heteroatoms. The van der Waals surface area contributed by atoms with Crippen LogP contribution in [0, 0.1) is 6.92 Å². The SMILES string of the molecule is CCN(CCc1nc2ccc(C)cc2[nH]1)C(=O)c1ccccc1C1CCNC1. The van der Waals surface area contributed by atoms with Gasteiger partial charge in [-0.3, -0.25) is 4.79 Å². The van der Waals surface area contributed by atoms with Crippen molar-refractivity contribution < 1.29 is 4.79 Å². The number of fused-ring (bicyclic) bond motifs is 1. The summed E-state index contributed by atoms with van der Waals surface area (Å²) in [5, 5.41) is 3.41. The molecule has 0 bridgehead atoms. The van der Waals surface area contributed by atoms with Gasteiger partial charge in [-0.05, 0) is 62.1 Å². The number of aryl methyl sites for hydroxylation is 1. The number of carbonyl (C=O) groups excluding carboxylic acids is 1. The summed E-state index contributed by atoms with van der Waals surface area (Å²) in [5.74, 6) is 1.48. The summed E-state index contributed by atoms with van der Waals surface area (Å²) < 4.78 is 0. The van der Waals surface area contributed by atoms with E-state index in [0.29, 0.717) is 19.0 Å². The third-order valence-electron chi connectivity index (χ3n) is 5.67. The number of imidazole rings is 1. The maximum atomic E-state index is 13.3. The predicted molar refractivity (Wildman–Crippen MR) is 113 cm³/mol. The van der Waals surface area contributed by atoms with Crippen LogP contribution in [0.2, 0.25) is 0 Å². The first-order valence-electron chi connectivity index (χ1n) is 10.2. The van der Waals surface area contributed by atoms with Crippen molar-refractivity contribution in [1.29, 1.82) is 0 Å². The molecule has 1 aromatic heterocycles. The zero-order valence-corrected chi connectivity index (χ0v) is 16.7. The number of carbonyl (C=O) groups is 1. The van der Waals surface area contributed by atoms with E-state index < -0.39 is 0 Å². The van der Waals surface area contributed by atoms with E-state index in [2.05, 4.69) is 40.4 Å². The molecule has 1 aliphatic rings. The minimum Gasteiger partial charge on any atom is -0.342 e. The van der Waals surface area contributed by atoms with Crippen LogP contribution in [0.15, 0.2) is 42.5 Å². The van der Waals surface area contributed by atoms with Gasteiger partial charge in [-0.2, -0.15) is 0 Å². The number of aromatic amines is 1. The molecule has 1 fully saturated rings. The van der Waals surface area contributed by atoms with Gasteiger partial charge in [-0.15, -0.1) is 0 Å². The molecule has 2 aromatic carbocycles. The quantitative estimate of drug-likeness (QED) is 0.690. The standard InChI is InChI=1S/C23H28N4O/c1-3-27(13-11-22-25-20-9-8-16(2)14-21(20)26-22)23(28)19-7-5-4-6-18(19)17-10-12-24-15-17/h4-9,14,17,24H,3,10-13,15H2,1-2H3,(H,25,26). The van der Waals surface area contributed by atoms with Crippen LogP contribution in [0.1, 0.15) is 46.6 Å². The number of likely N-dealkylation sites (N-methyl/N-ethyl adjacent to an activating group) is 1. The topological polar surface area (TPSA) is 61.0 Å². The van der Waals surface area contributed by atoms with Crippen LogP contribution in [0.5, 0.6) is 0 Å². The van der Waals surface area contributed by atoms with Crippen molar-refractivity contribution in [2.24, 2.45) is 0 Å². The number of hydrogen-bond donors (Lipinski definition) is 2. The summed E-state index contributed by atoms with van der Waals surface area (Å²) in [6.45, 7) is 7.44. The Morgan fingerprint density at radius 3 is 2.89 bits per heavy atom. The van der Waals surface area contributed by atoms with Crippen LogP contribution >= 0.6 is 0 Å². The van der Waals surface area contributed by atoms with Crippen LogP contribution < -0.4 is 5.32 Å². The Bertz CT molecular complexity index is 972. The van der Waals surface area contributed by atoms with Crippen molar-refractivity contribution >= 4 is 16.9 Å². The number of hydrogen-bond acceptors (Lipinski definition) is 3. The van der Waals surface area contributed by atoms with E-state index in [4.69, 9.17) is 0 Å². The summed E-state index contributed by atoms with van der Waals surface area (Å²) in [6.07, 6.45) is 1.81. The lowest BCUT2D eigenvalue weighted by molar-refractivity contribution is 0.0764. The van der Waals surface area contributed by atoms with E-state index in [9.17, 15) is 4.79 Å². The summed E-state index contributed by atoms with van der Waals surface area (Å²) in [5.41, 5.74) is 5.28. The van der Waals surface area contributed by atoms with Crippen molar-refractivity contribution in [3.8, 4) is 0 Å². The molecule has 0 aliphatic carbocycles. The fourth-order valence-electron chi connectivity index (χ4n) is 4.08. The van der Waals surface area contributed by atoms with E-state index in [0.717, 1.165) is 48.4 Å². The molecule has 5 nitrogen and oxygen atoms in total. The summed E-state index contributed by atoms with van der Waals surface area (Å²) in [6, 6.07) is 14.3. The predicted octanol–water partition coefficient (Wildman–Crippen LogP) is 3.65. The smallest absolute Gasteiger partial charge is 0.254 e. The molecule has 4 rings (SSSR count). The molecule has 1 atom stereocenters. The zero-order valence-electron chi connectivity index (χ0n) is 16.7. The molecule has 0 radical (unpaired) electrons. The lowest BCUT2D eigenvalue weighted by Gasteiger charge is -2.23. The first-order valence-corrected chi connectivity index (χ1v) is 10.2. The number of rotatable bonds is 6. The fraction of sp³-hybridized carbons (Fsp3) is 0.391. The number of nitrogens with zero attached hydrogens (tertiary/aromatic N) is 2. The molecule has 0 saturated carbocycles. The van der Waals surface area contributed by atoms with Gasteiger partial charge in [0.05, 0.1) is 11.0 Å². The second-order valence-electron chi connectivity index (χ2n) is 7.62. The van der Waals surface area contributed by atoms with Crippen LogP contribution in [-0.4, -0.2) is 47.0 Å². The van der Waals surface area contributed by atoms with Crippen LogP contribution in [0.4, 0.5) is 0 Å². The number of nitrogens with one attached hydrogen (secondary N) is 2. The minimum absolute atomic E-state index is 0.122. The van der Waals surface area contributed by atoms with Crippen molar-refractivity contribution in [3.05, 3.63) is 65.0 Å². The van der Waals surface area contributed by atoms with Gasteiger partial charge in [0.2, 0.25) is 0 Å². The molecule has 1 amide bonds. The van der Waals surface area contributed by atoms with Crippen LogP contribution in [0.25, 0.3) is 11.0 Å². The number of H-pyrrole nitrogens is 1. The zero-order chi connectivity index (χ0) is 19.5. The molecule has 146 valence electrons. The summed E-state index contributed by atoms with van der Waals surface area (Å²) in [4.78, 5) is 23.3. The van der Waals surface area contributed by atoms with E-state index in [1.165, 1.54) is 11.1 Å². The maximum Gasteiger partial charge on any atom is 0.254 e. The van der Waals surface area contributed by atoms with E-state index in [1.807, 2.05) is 36.1 Å². The molecular formula is C23H28N4O. The highest BCUT2D eigenvalue weighted by Gasteiger charge is 2.24. The average molecular weight is 377 g/mol. The molecule has 0 spiro atoms. The third-order valence-corrected chi connectivity index (χ3v) is 5.67. The Labute approximate surface area is 166 Å². The molecule has 1 unspecified atom stereocenters. The van der Waals surface area contributed by atoms with E-state index >= 15 is 0 Å². The van der Waals surface area contributed by atoms with Gasteiger partial charge in [0.25, 0.3) is 5.91 Å². The normalized spacial score (nSPS) is 16.6. The highest BCUT2D eigenvalue weighted by molar-refractivity contribution is 5.96. The van der Waals surface area contributed by atoms with Gasteiger partial charge >= 0.3 is 0 Å². The lowest BCUT2D eigenvalue weighted by Crippen LogP contribution is -2.33. The van der Waals surface area contributed by atoms with E-state index in [-0.39, 0.29) is 5.91 Å². The van der Waals surface area contributed by atoms with Gasteiger partial charge in [0.1, 0.15) is 5.82 Å². The van der Waals surface area contributed by atoms with Crippen molar-refractivity contribution in [2.75, 3.05) is 26.2 Å². The second kappa shape index (κ2) is 8.15. The highest BCUT2D eigenvalue weighted by Crippen LogP contribution is 2.26. The Hall–Kier alpha value is -2.66. The van der Waals surface area contributed by atoms with Crippen molar-refractivity contribution in [1.82, 2.24) is 20.2 Å². The van der Waals surface area contributed by atoms with Crippen molar-refractivity contribution in [2.45, 2.75) is 32.6 Å². The Morgan fingerprint density at radius 1 is 1.25 bits per heavy atom. The highest BCUT2D eigenvalue weighted by atomic mass is 16.2. The van der Waals surface area contributed by atoms with Crippen molar-refractivity contribution in [3.63, 3.8) is 0 Å². The molecule has 3 aromatic rings. The Morgan fingerprint density at radius 2 is 2.11 bits per heavy atom. The fourth-order valence-corrected chi connectivity index (χ4v) is 4.08. The van der Waals surface area contributed by atoms with E-state index in [1.54, 1.807) is 0 Å². The summed E-state index contributed by atoms with van der Waals surface area (Å²) in [7, 11) is 0. The maximum absolute atomic E-state index is 13.3. The average Bonchev–Trinajstić information content (AvgIpc) is 3.37. The van der Waals surface area contributed by atoms with Gasteiger partial charge in [-0.1, -0.05) is 24.3 Å². The molecule has 2 N–H and O–H groups in total. The number of aromatic nitrogens is 2. The summed E-state index contributed by atoms with van der Waals surface area (Å²) >= 11 is 0. The van der Waals surface area contributed by atoms with Crippen LogP contribution in [-0.2, 0) is 6.42 Å². The molecule has 1 aliphatic heterocycles. The number of amides is 1. The van der Waals surface area contributed by atoms with Gasteiger partial charge in [0, 0.05) is 31.6 Å². The second-order valence-corrected chi connectivity index (χ2v) is 7.62. The number of benzene rings is 2. The first-order chi connectivity index (χ1) is 13.7. The van der Waals surface area contributed by atoms with Crippen LogP contribution in [0.3, 0.4) is 0 Å². The molecule has 2 heterocycles. The third kappa shape index (κ3) is 3.80. The molecule has 1 saturated heterocycles. The largest absolute Gasteiger partial charge is 0.342 e. The minimum atomic E-state index is 0.122. The van der Waals surface area contributed by atoms with Gasteiger partial charge in [-0.25, -0.2) is 4.98 Å².